The molecule has 7 heteroatoms. The number of aromatic nitrogens is 2. The van der Waals surface area contributed by atoms with E-state index in [1.165, 1.54) is 17.1 Å². The molecule has 17 heavy (non-hydrogen) atoms. The Morgan fingerprint density at radius 1 is 1.65 bits per heavy atom. The van der Waals surface area contributed by atoms with Gasteiger partial charge in [-0.05, 0) is 12.8 Å². The summed E-state index contributed by atoms with van der Waals surface area (Å²) in [5.74, 6) is -1.19. The Bertz CT molecular complexity index is 423. The van der Waals surface area contributed by atoms with E-state index in [4.69, 9.17) is 9.84 Å². The van der Waals surface area contributed by atoms with Gasteiger partial charge in [-0.2, -0.15) is 5.10 Å². The van der Waals surface area contributed by atoms with Crippen LogP contribution in [-0.4, -0.2) is 39.5 Å². The minimum Gasteiger partial charge on any atom is -0.480 e. The molecule has 1 amide bonds. The molecular weight excluding hydrogens is 226 g/mol. The molecule has 0 spiro atoms. The number of anilines is 1. The number of nitrogens with one attached hydrogen (secondary N) is 1. The number of nitrogens with zero attached hydrogens (tertiary/aromatic N) is 2. The average Bonchev–Trinajstić information content (AvgIpc) is 2.87. The van der Waals surface area contributed by atoms with Crippen molar-refractivity contribution in [2.24, 2.45) is 0 Å². The zero-order valence-electron chi connectivity index (χ0n) is 9.13. The van der Waals surface area contributed by atoms with Crippen molar-refractivity contribution in [3.05, 3.63) is 12.4 Å². The van der Waals surface area contributed by atoms with Crippen molar-refractivity contribution in [3.8, 4) is 0 Å². The third-order valence-corrected chi connectivity index (χ3v) is 2.42. The average molecular weight is 239 g/mol. The van der Waals surface area contributed by atoms with E-state index in [0.717, 1.165) is 12.8 Å². The highest BCUT2D eigenvalue weighted by atomic mass is 16.5. The molecule has 7 nitrogen and oxygen atoms in total. The van der Waals surface area contributed by atoms with Crippen molar-refractivity contribution in [2.45, 2.75) is 25.5 Å². The Kier molecular flexibility index (Phi) is 3.38. The van der Waals surface area contributed by atoms with Gasteiger partial charge in [0, 0.05) is 12.8 Å². The smallest absolute Gasteiger partial charge is 0.325 e. The van der Waals surface area contributed by atoms with Crippen LogP contribution < -0.4 is 5.32 Å². The van der Waals surface area contributed by atoms with Gasteiger partial charge in [0.25, 0.3) is 5.91 Å². The topological polar surface area (TPSA) is 93.5 Å². The van der Waals surface area contributed by atoms with Gasteiger partial charge in [0.2, 0.25) is 0 Å². The molecule has 2 heterocycles. The fourth-order valence-corrected chi connectivity index (χ4v) is 1.66. The van der Waals surface area contributed by atoms with Gasteiger partial charge >= 0.3 is 5.97 Å². The third-order valence-electron chi connectivity index (χ3n) is 2.42. The standard InChI is InChI=1S/C10H13N3O4/c14-9(15)6-13-5-7(4-11-13)12-10(16)8-2-1-3-17-8/h4-5,8H,1-3,6H2,(H,12,16)(H,14,15)/t8-/m0/s1. The summed E-state index contributed by atoms with van der Waals surface area (Å²) in [6.45, 7) is 0.381. The molecule has 1 atom stereocenters. The molecule has 1 aliphatic heterocycles. The van der Waals surface area contributed by atoms with Gasteiger partial charge in [0.15, 0.2) is 0 Å². The third kappa shape index (κ3) is 3.04. The maximum absolute atomic E-state index is 11.7. The van der Waals surface area contributed by atoms with Crippen molar-refractivity contribution in [3.63, 3.8) is 0 Å². The van der Waals surface area contributed by atoms with Crippen molar-refractivity contribution in [1.29, 1.82) is 0 Å². The summed E-state index contributed by atoms with van der Waals surface area (Å²) < 4.78 is 6.47. The number of amides is 1. The van der Waals surface area contributed by atoms with E-state index in [2.05, 4.69) is 10.4 Å². The molecule has 1 saturated heterocycles. The van der Waals surface area contributed by atoms with E-state index in [1.807, 2.05) is 0 Å². The quantitative estimate of drug-likeness (QED) is 0.776. The number of carboxylic acids is 1. The predicted molar refractivity (Wildman–Crippen MR) is 57.5 cm³/mol. The molecule has 0 aromatic carbocycles. The van der Waals surface area contributed by atoms with Gasteiger partial charge in [-0.15, -0.1) is 0 Å². The highest BCUT2D eigenvalue weighted by molar-refractivity contribution is 5.94. The minimum absolute atomic E-state index is 0.211. The van der Waals surface area contributed by atoms with Gasteiger partial charge in [-0.25, -0.2) is 0 Å². The number of hydrogen-bond acceptors (Lipinski definition) is 4. The van der Waals surface area contributed by atoms with Crippen LogP contribution in [0.5, 0.6) is 0 Å². The number of rotatable bonds is 4. The van der Waals surface area contributed by atoms with Crippen LogP contribution in [0.1, 0.15) is 12.8 Å². The van der Waals surface area contributed by atoms with E-state index in [1.54, 1.807) is 0 Å². The first-order valence-corrected chi connectivity index (χ1v) is 5.32. The molecule has 1 aliphatic rings. The summed E-state index contributed by atoms with van der Waals surface area (Å²) in [4.78, 5) is 22.1. The van der Waals surface area contributed by atoms with Gasteiger partial charge < -0.3 is 15.2 Å². The fraction of sp³-hybridized carbons (Fsp3) is 0.500. The van der Waals surface area contributed by atoms with Crippen LogP contribution in [0, 0.1) is 0 Å². The zero-order chi connectivity index (χ0) is 12.3. The minimum atomic E-state index is -0.981. The lowest BCUT2D eigenvalue weighted by atomic mass is 10.2. The molecule has 0 bridgehead atoms. The second kappa shape index (κ2) is 4.96. The Morgan fingerprint density at radius 2 is 2.47 bits per heavy atom. The van der Waals surface area contributed by atoms with Crippen molar-refractivity contribution < 1.29 is 19.4 Å². The van der Waals surface area contributed by atoms with E-state index >= 15 is 0 Å². The highest BCUT2D eigenvalue weighted by Crippen LogP contribution is 2.14. The monoisotopic (exact) mass is 239 g/mol. The van der Waals surface area contributed by atoms with Crippen molar-refractivity contribution in [2.75, 3.05) is 11.9 Å². The van der Waals surface area contributed by atoms with E-state index in [0.29, 0.717) is 12.3 Å². The van der Waals surface area contributed by atoms with Crippen LogP contribution >= 0.6 is 0 Å². The number of ether oxygens (including phenoxy) is 1. The van der Waals surface area contributed by atoms with E-state index in [-0.39, 0.29) is 12.5 Å². The fourth-order valence-electron chi connectivity index (χ4n) is 1.66. The Balaban J connectivity index is 1.91. The van der Waals surface area contributed by atoms with Gasteiger partial charge in [0.05, 0.1) is 11.9 Å². The number of hydrogen-bond donors (Lipinski definition) is 2. The first-order chi connectivity index (χ1) is 8.15. The van der Waals surface area contributed by atoms with Gasteiger partial charge in [-0.1, -0.05) is 0 Å². The van der Waals surface area contributed by atoms with Crippen LogP contribution in [0.4, 0.5) is 5.69 Å². The molecule has 0 radical (unpaired) electrons. The summed E-state index contributed by atoms with van der Waals surface area (Å²) in [6.07, 6.45) is 4.08. The molecule has 0 unspecified atom stereocenters. The van der Waals surface area contributed by atoms with E-state index in [9.17, 15) is 9.59 Å². The second-order valence-electron chi connectivity index (χ2n) is 3.81. The number of carbonyl (C=O) groups excluding carboxylic acids is 1. The summed E-state index contributed by atoms with van der Waals surface area (Å²) in [6, 6.07) is 0. The first kappa shape index (κ1) is 11.6. The second-order valence-corrected chi connectivity index (χ2v) is 3.81. The van der Waals surface area contributed by atoms with Gasteiger partial charge in [0.1, 0.15) is 12.6 Å². The summed E-state index contributed by atoms with van der Waals surface area (Å²) in [5, 5.41) is 15.0. The number of carboxylic acid groups (broad SMARTS) is 1. The summed E-state index contributed by atoms with van der Waals surface area (Å²) in [5.41, 5.74) is 0.478. The molecule has 2 rings (SSSR count). The maximum Gasteiger partial charge on any atom is 0.325 e. The van der Waals surface area contributed by atoms with Crippen LogP contribution in [0.25, 0.3) is 0 Å². The Labute approximate surface area is 97.4 Å². The van der Waals surface area contributed by atoms with E-state index < -0.39 is 12.1 Å². The molecule has 92 valence electrons. The lowest BCUT2D eigenvalue weighted by Gasteiger charge is -2.08. The van der Waals surface area contributed by atoms with Crippen molar-refractivity contribution in [1.82, 2.24) is 9.78 Å². The lowest BCUT2D eigenvalue weighted by molar-refractivity contribution is -0.137. The molecule has 0 saturated carbocycles. The highest BCUT2D eigenvalue weighted by Gasteiger charge is 2.23. The normalized spacial score (nSPS) is 19.2. The molecular formula is C10H13N3O4. The molecule has 1 fully saturated rings. The maximum atomic E-state index is 11.7. The number of carbonyl (C=O) groups is 2. The van der Waals surface area contributed by atoms with Crippen LogP contribution in [0.3, 0.4) is 0 Å². The van der Waals surface area contributed by atoms with Crippen LogP contribution in [-0.2, 0) is 20.9 Å². The number of aliphatic carboxylic acids is 1. The van der Waals surface area contributed by atoms with Crippen molar-refractivity contribution >= 4 is 17.6 Å². The Morgan fingerprint density at radius 3 is 3.12 bits per heavy atom. The SMILES string of the molecule is O=C(O)Cn1cc(NC(=O)[C@@H]2CCCO2)cn1. The summed E-state index contributed by atoms with van der Waals surface area (Å²) in [7, 11) is 0. The van der Waals surface area contributed by atoms with Crippen LogP contribution in [0.2, 0.25) is 0 Å². The van der Waals surface area contributed by atoms with Crippen LogP contribution in [0.15, 0.2) is 12.4 Å². The molecule has 0 aliphatic carbocycles. The molecule has 2 N–H and O–H groups in total. The zero-order valence-corrected chi connectivity index (χ0v) is 9.13. The summed E-state index contributed by atoms with van der Waals surface area (Å²) >= 11 is 0. The first-order valence-electron chi connectivity index (χ1n) is 5.32. The lowest BCUT2D eigenvalue weighted by Crippen LogP contribution is -2.26. The van der Waals surface area contributed by atoms with Gasteiger partial charge in [-0.3, -0.25) is 14.3 Å². The predicted octanol–water partition coefficient (Wildman–Crippen LogP) is 0.0852. The Hall–Kier alpha value is -1.89. The largest absolute Gasteiger partial charge is 0.480 e. The molecule has 1 aromatic rings. The molecule has 1 aromatic heterocycles.